The quantitative estimate of drug-likeness (QED) is 0.157. The second-order valence-electron chi connectivity index (χ2n) is 14.9. The highest BCUT2D eigenvalue weighted by Gasteiger charge is 2.49. The van der Waals surface area contributed by atoms with Gasteiger partial charge in [-0.15, -0.1) is 0 Å². The number of aryl methyl sites for hydroxylation is 6. The van der Waals surface area contributed by atoms with Gasteiger partial charge in [-0.1, -0.05) is 118 Å². The van der Waals surface area contributed by atoms with Gasteiger partial charge < -0.3 is 19.7 Å². The Morgan fingerprint density at radius 1 is 0.510 bits per heavy atom. The predicted molar refractivity (Wildman–Crippen MR) is 203 cm³/mol. The van der Waals surface area contributed by atoms with Gasteiger partial charge in [0.05, 0.1) is 0 Å². The minimum Gasteiger partial charge on any atom is -0.507 e. The molecule has 0 fully saturated rings. The molecule has 0 aliphatic carbocycles. The van der Waals surface area contributed by atoms with Crippen molar-refractivity contribution in [1.29, 1.82) is 0 Å². The molecule has 0 heterocycles. The lowest BCUT2D eigenvalue weighted by Gasteiger charge is -2.46. The average molecular weight is 657 g/mol. The fraction of sp³-hybridized carbons (Fsp3) is 0.333. The summed E-state index contributed by atoms with van der Waals surface area (Å²) in [6.45, 7) is 21.0. The summed E-state index contributed by atoms with van der Waals surface area (Å²) in [5, 5.41) is 24.2. The molecule has 0 saturated carbocycles. The van der Waals surface area contributed by atoms with Crippen molar-refractivity contribution in [3.8, 4) is 39.5 Å². The van der Waals surface area contributed by atoms with Gasteiger partial charge >= 0.3 is 0 Å². The number of para-hydroxylation sites is 3. The Morgan fingerprint density at radius 2 is 0.898 bits per heavy atom. The van der Waals surface area contributed by atoms with E-state index >= 15 is 0 Å². The van der Waals surface area contributed by atoms with E-state index in [2.05, 4.69) is 93.5 Å². The zero-order chi connectivity index (χ0) is 35.8. The third-order valence-corrected chi connectivity index (χ3v) is 10.3. The first-order chi connectivity index (χ1) is 23.1. The summed E-state index contributed by atoms with van der Waals surface area (Å²) in [6.07, 6.45) is -1.16. The molecule has 2 atom stereocenters. The highest BCUT2D eigenvalue weighted by atomic mass is 16.5. The van der Waals surface area contributed by atoms with Crippen LogP contribution in [0.5, 0.6) is 17.2 Å². The zero-order valence-corrected chi connectivity index (χ0v) is 31.0. The van der Waals surface area contributed by atoms with Crippen LogP contribution in [0.4, 0.5) is 0 Å². The Balaban J connectivity index is 1.68. The summed E-state index contributed by atoms with van der Waals surface area (Å²) >= 11 is 0. The van der Waals surface area contributed by atoms with E-state index in [9.17, 15) is 10.2 Å². The molecule has 0 aromatic heterocycles. The van der Waals surface area contributed by atoms with Gasteiger partial charge in [-0.2, -0.15) is 0 Å². The number of methoxy groups -OCH3 is 1. The molecule has 0 unspecified atom stereocenters. The minimum atomic E-state index is -0.766. The van der Waals surface area contributed by atoms with Crippen LogP contribution in [0.25, 0.3) is 22.3 Å². The molecule has 49 heavy (non-hydrogen) atoms. The normalized spacial score (nSPS) is 13.3. The van der Waals surface area contributed by atoms with Crippen LogP contribution in [0.2, 0.25) is 0 Å². The van der Waals surface area contributed by atoms with E-state index in [0.717, 1.165) is 55.6 Å². The van der Waals surface area contributed by atoms with Crippen LogP contribution >= 0.6 is 0 Å². The van der Waals surface area contributed by atoms with Crippen molar-refractivity contribution >= 4 is 0 Å². The lowest BCUT2D eigenvalue weighted by Crippen LogP contribution is -2.55. The Kier molecular flexibility index (Phi) is 10.0. The molecule has 0 saturated heterocycles. The summed E-state index contributed by atoms with van der Waals surface area (Å²) in [7, 11) is 1.70. The molecule has 4 heteroatoms. The minimum absolute atomic E-state index is 0.229. The molecule has 5 aromatic rings. The highest BCUT2D eigenvalue weighted by Crippen LogP contribution is 2.48. The number of ether oxygens (including phenoxy) is 2. The number of phenols is 2. The van der Waals surface area contributed by atoms with Gasteiger partial charge in [0.25, 0.3) is 0 Å². The average Bonchev–Trinajstić information content (AvgIpc) is 3.02. The summed E-state index contributed by atoms with van der Waals surface area (Å²) < 4.78 is 13.4. The van der Waals surface area contributed by atoms with Crippen molar-refractivity contribution < 1.29 is 19.7 Å². The van der Waals surface area contributed by atoms with E-state index in [1.54, 1.807) is 7.11 Å². The molecular weight excluding hydrogens is 604 g/mol. The second-order valence-corrected chi connectivity index (χ2v) is 14.9. The lowest BCUT2D eigenvalue weighted by molar-refractivity contribution is -0.0665. The number of benzene rings is 5. The predicted octanol–water partition coefficient (Wildman–Crippen LogP) is 11.0. The Labute approximate surface area is 293 Å². The molecule has 0 bridgehead atoms. The molecule has 0 spiro atoms. The molecule has 0 radical (unpaired) electrons. The van der Waals surface area contributed by atoms with E-state index in [1.807, 2.05) is 66.7 Å². The second kappa shape index (κ2) is 13.8. The highest BCUT2D eigenvalue weighted by molar-refractivity contribution is 5.79. The molecule has 0 aliphatic rings. The van der Waals surface area contributed by atoms with Crippen LogP contribution in [0.1, 0.15) is 72.2 Å². The Bertz CT molecular complexity index is 1920. The van der Waals surface area contributed by atoms with Gasteiger partial charge in [0.1, 0.15) is 29.5 Å². The van der Waals surface area contributed by atoms with E-state index in [-0.39, 0.29) is 11.5 Å². The molecule has 5 aromatic carbocycles. The third-order valence-electron chi connectivity index (χ3n) is 10.3. The summed E-state index contributed by atoms with van der Waals surface area (Å²) in [5.41, 5.74) is 10.5. The standard InChI is InChI=1S/C45H52O4/c1-27-23-29(3)38(30(4)24-27)34-19-15-21-36(40(34)46)44(7,8)42(48-11)43(49-33-17-13-12-14-18-33)45(9,10)37-22-16-20-35(41(37)47)39-31(5)25-28(2)26-32(39)6/h12-26,42-43,46-47H,1-11H3/t42-,43-/m0/s1. The van der Waals surface area contributed by atoms with Gasteiger partial charge in [0.2, 0.25) is 0 Å². The topological polar surface area (TPSA) is 58.9 Å². The maximum absolute atomic E-state index is 12.1. The molecule has 0 amide bonds. The number of phenolic OH excluding ortho intramolecular Hbond substituents is 2. The van der Waals surface area contributed by atoms with Crippen LogP contribution in [-0.2, 0) is 15.6 Å². The number of aromatic hydroxyl groups is 2. The largest absolute Gasteiger partial charge is 0.507 e. The van der Waals surface area contributed by atoms with Crippen LogP contribution in [0.3, 0.4) is 0 Å². The summed E-state index contributed by atoms with van der Waals surface area (Å²) in [5.74, 6) is 1.16. The maximum Gasteiger partial charge on any atom is 0.135 e. The van der Waals surface area contributed by atoms with Crippen LogP contribution in [0, 0.1) is 41.5 Å². The van der Waals surface area contributed by atoms with E-state index in [1.165, 1.54) is 11.1 Å². The van der Waals surface area contributed by atoms with Crippen molar-refractivity contribution in [1.82, 2.24) is 0 Å². The number of hydrogen-bond acceptors (Lipinski definition) is 4. The molecule has 5 rings (SSSR count). The molecule has 2 N–H and O–H groups in total. The van der Waals surface area contributed by atoms with Gasteiger partial charge in [-0.25, -0.2) is 0 Å². The maximum atomic E-state index is 12.1. The molecular formula is C45H52O4. The van der Waals surface area contributed by atoms with Gasteiger partial charge in [0.15, 0.2) is 0 Å². The fourth-order valence-electron chi connectivity index (χ4n) is 8.08. The van der Waals surface area contributed by atoms with Crippen molar-refractivity contribution in [3.05, 3.63) is 136 Å². The SMILES string of the molecule is CO[C@@H]([C@H](Oc1ccccc1)C(C)(C)c1cccc(-c2c(C)cc(C)cc2C)c1O)C(C)(C)c1cccc(-c2c(C)cc(C)cc2C)c1O. The van der Waals surface area contributed by atoms with E-state index < -0.39 is 23.0 Å². The van der Waals surface area contributed by atoms with E-state index in [4.69, 9.17) is 9.47 Å². The molecule has 0 aliphatic heterocycles. The first-order valence-corrected chi connectivity index (χ1v) is 17.1. The first kappa shape index (κ1) is 35.8. The summed E-state index contributed by atoms with van der Waals surface area (Å²) in [4.78, 5) is 0. The number of rotatable bonds is 10. The van der Waals surface area contributed by atoms with Crippen LogP contribution < -0.4 is 4.74 Å². The van der Waals surface area contributed by atoms with Crippen molar-refractivity contribution in [3.63, 3.8) is 0 Å². The Morgan fingerprint density at radius 3 is 1.29 bits per heavy atom. The Hall–Kier alpha value is -4.54. The zero-order valence-electron chi connectivity index (χ0n) is 31.0. The van der Waals surface area contributed by atoms with Gasteiger partial charge in [-0.3, -0.25) is 0 Å². The molecule has 4 nitrogen and oxygen atoms in total. The van der Waals surface area contributed by atoms with Crippen molar-refractivity contribution in [2.24, 2.45) is 0 Å². The van der Waals surface area contributed by atoms with Gasteiger partial charge in [0, 0.05) is 40.2 Å². The van der Waals surface area contributed by atoms with Crippen LogP contribution in [0.15, 0.2) is 91.0 Å². The van der Waals surface area contributed by atoms with Crippen molar-refractivity contribution in [2.75, 3.05) is 7.11 Å². The third kappa shape index (κ3) is 6.72. The van der Waals surface area contributed by atoms with Crippen LogP contribution in [-0.4, -0.2) is 29.5 Å². The number of hydrogen-bond donors (Lipinski definition) is 2. The first-order valence-electron chi connectivity index (χ1n) is 17.1. The fourth-order valence-corrected chi connectivity index (χ4v) is 8.08. The molecule has 256 valence electrons. The summed E-state index contributed by atoms with van der Waals surface area (Å²) in [6, 6.07) is 30.4. The van der Waals surface area contributed by atoms with Crippen molar-refractivity contribution in [2.45, 2.75) is 92.3 Å². The van der Waals surface area contributed by atoms with E-state index in [0.29, 0.717) is 5.75 Å². The van der Waals surface area contributed by atoms with Gasteiger partial charge in [-0.05, 0) is 87.1 Å². The monoisotopic (exact) mass is 656 g/mol. The lowest BCUT2D eigenvalue weighted by atomic mass is 9.67. The smallest absolute Gasteiger partial charge is 0.135 e.